The van der Waals surface area contributed by atoms with Crippen LogP contribution in [0, 0.1) is 6.92 Å². The maximum atomic E-state index is 10.6. The number of ether oxygens (including phenoxy) is 1. The van der Waals surface area contributed by atoms with Crippen molar-refractivity contribution in [3.8, 4) is 5.75 Å². The molecule has 1 amide bonds. The lowest BCUT2D eigenvalue weighted by Gasteiger charge is -2.11. The first-order valence-electron chi connectivity index (χ1n) is 5.71. The van der Waals surface area contributed by atoms with E-state index in [9.17, 15) is 4.79 Å². The predicted octanol–water partition coefficient (Wildman–Crippen LogP) is 0.754. The van der Waals surface area contributed by atoms with E-state index >= 15 is 0 Å². The number of aryl methyl sites for hydroxylation is 1. The molecular formula is C12H19N3O2. The average Bonchev–Trinajstić information content (AvgIpc) is 2.28. The van der Waals surface area contributed by atoms with Crippen LogP contribution < -0.4 is 15.8 Å². The lowest BCUT2D eigenvalue weighted by Crippen LogP contribution is -2.17. The smallest absolute Gasteiger partial charge is 0.220 e. The standard InChI is InChI=1S/C12H19N3O2/c1-3-14-8-10-11(5-4-9(2)15-10)17-7-6-12(13)16/h4-5,14H,3,6-8H2,1-2H3,(H2,13,16). The zero-order chi connectivity index (χ0) is 12.7. The SMILES string of the molecule is CCNCc1nc(C)ccc1OCCC(N)=O. The van der Waals surface area contributed by atoms with E-state index < -0.39 is 0 Å². The van der Waals surface area contributed by atoms with E-state index in [4.69, 9.17) is 10.5 Å². The lowest BCUT2D eigenvalue weighted by atomic mass is 10.3. The van der Waals surface area contributed by atoms with Gasteiger partial charge in [-0.15, -0.1) is 0 Å². The van der Waals surface area contributed by atoms with E-state index in [0.29, 0.717) is 18.9 Å². The number of nitrogens with one attached hydrogen (secondary N) is 1. The Hall–Kier alpha value is -1.62. The number of carbonyl (C=O) groups is 1. The van der Waals surface area contributed by atoms with Crippen LogP contribution in [0.5, 0.6) is 5.75 Å². The molecule has 5 nitrogen and oxygen atoms in total. The summed E-state index contributed by atoms with van der Waals surface area (Å²) in [4.78, 5) is 15.0. The Labute approximate surface area is 101 Å². The van der Waals surface area contributed by atoms with Crippen LogP contribution in [-0.4, -0.2) is 24.0 Å². The first kappa shape index (κ1) is 13.4. The highest BCUT2D eigenvalue weighted by atomic mass is 16.5. The summed E-state index contributed by atoms with van der Waals surface area (Å²) in [5.74, 6) is 0.344. The summed E-state index contributed by atoms with van der Waals surface area (Å²) in [5.41, 5.74) is 6.85. The van der Waals surface area contributed by atoms with Crippen molar-refractivity contribution in [2.45, 2.75) is 26.8 Å². The van der Waals surface area contributed by atoms with Crippen LogP contribution in [0.2, 0.25) is 0 Å². The number of pyridine rings is 1. The van der Waals surface area contributed by atoms with Crippen molar-refractivity contribution in [2.24, 2.45) is 5.73 Å². The Bertz CT molecular complexity index is 380. The maximum Gasteiger partial charge on any atom is 0.220 e. The van der Waals surface area contributed by atoms with Crippen molar-refractivity contribution in [2.75, 3.05) is 13.2 Å². The summed E-state index contributed by atoms with van der Waals surface area (Å²) >= 11 is 0. The first-order chi connectivity index (χ1) is 8.13. The topological polar surface area (TPSA) is 77.2 Å². The lowest BCUT2D eigenvalue weighted by molar-refractivity contribution is -0.118. The summed E-state index contributed by atoms with van der Waals surface area (Å²) in [6, 6.07) is 3.76. The molecule has 0 aliphatic carbocycles. The molecule has 1 heterocycles. The summed E-state index contributed by atoms with van der Waals surface area (Å²) in [5, 5.41) is 3.20. The maximum absolute atomic E-state index is 10.6. The van der Waals surface area contributed by atoms with Crippen LogP contribution in [0.4, 0.5) is 0 Å². The number of hydrogen-bond acceptors (Lipinski definition) is 4. The Morgan fingerprint density at radius 2 is 2.29 bits per heavy atom. The van der Waals surface area contributed by atoms with E-state index in [1.165, 1.54) is 0 Å². The van der Waals surface area contributed by atoms with E-state index in [1.54, 1.807) is 0 Å². The minimum atomic E-state index is -0.363. The molecule has 94 valence electrons. The second-order valence-electron chi connectivity index (χ2n) is 3.74. The van der Waals surface area contributed by atoms with Gasteiger partial charge in [-0.3, -0.25) is 9.78 Å². The first-order valence-corrected chi connectivity index (χ1v) is 5.71. The van der Waals surface area contributed by atoms with Gasteiger partial charge in [0.05, 0.1) is 18.7 Å². The van der Waals surface area contributed by atoms with Gasteiger partial charge in [0.15, 0.2) is 0 Å². The van der Waals surface area contributed by atoms with Gasteiger partial charge in [0.25, 0.3) is 0 Å². The van der Waals surface area contributed by atoms with Gasteiger partial charge in [0.1, 0.15) is 5.75 Å². The number of primary amides is 1. The number of aromatic nitrogens is 1. The van der Waals surface area contributed by atoms with Gasteiger partial charge in [-0.1, -0.05) is 6.92 Å². The second-order valence-corrected chi connectivity index (χ2v) is 3.74. The molecule has 0 aliphatic rings. The van der Waals surface area contributed by atoms with E-state index in [2.05, 4.69) is 10.3 Å². The molecule has 0 saturated carbocycles. The van der Waals surface area contributed by atoms with Crippen LogP contribution in [0.25, 0.3) is 0 Å². The van der Waals surface area contributed by atoms with Gasteiger partial charge in [-0.25, -0.2) is 0 Å². The summed E-state index contributed by atoms with van der Waals surface area (Å²) in [6.07, 6.45) is 0.217. The normalized spacial score (nSPS) is 10.2. The molecule has 0 aromatic carbocycles. The molecule has 0 bridgehead atoms. The number of nitrogens with zero attached hydrogens (tertiary/aromatic N) is 1. The van der Waals surface area contributed by atoms with Crippen molar-refractivity contribution in [1.82, 2.24) is 10.3 Å². The van der Waals surface area contributed by atoms with Crippen LogP contribution in [0.1, 0.15) is 24.7 Å². The van der Waals surface area contributed by atoms with Crippen molar-refractivity contribution in [3.05, 3.63) is 23.5 Å². The molecule has 1 aromatic heterocycles. The molecule has 1 rings (SSSR count). The molecule has 0 aliphatic heterocycles. The number of rotatable bonds is 7. The van der Waals surface area contributed by atoms with Crippen LogP contribution in [0.15, 0.2) is 12.1 Å². The highest BCUT2D eigenvalue weighted by molar-refractivity contribution is 5.73. The Kier molecular flexibility index (Phi) is 5.42. The fourth-order valence-electron chi connectivity index (χ4n) is 1.36. The van der Waals surface area contributed by atoms with Gasteiger partial charge in [0.2, 0.25) is 5.91 Å². The highest BCUT2D eigenvalue weighted by Crippen LogP contribution is 2.16. The molecule has 0 fully saturated rings. The minimum absolute atomic E-state index is 0.217. The molecule has 17 heavy (non-hydrogen) atoms. The Balaban J connectivity index is 2.64. The van der Waals surface area contributed by atoms with Gasteiger partial charge < -0.3 is 15.8 Å². The van der Waals surface area contributed by atoms with Crippen molar-refractivity contribution in [1.29, 1.82) is 0 Å². The molecular weight excluding hydrogens is 218 g/mol. The minimum Gasteiger partial charge on any atom is -0.491 e. The van der Waals surface area contributed by atoms with Crippen LogP contribution in [-0.2, 0) is 11.3 Å². The molecule has 5 heteroatoms. The summed E-state index contributed by atoms with van der Waals surface area (Å²) in [7, 11) is 0. The fraction of sp³-hybridized carbons (Fsp3) is 0.500. The van der Waals surface area contributed by atoms with Gasteiger partial charge in [-0.2, -0.15) is 0 Å². The second kappa shape index (κ2) is 6.85. The molecule has 0 unspecified atom stereocenters. The molecule has 3 N–H and O–H groups in total. The third-order valence-corrected chi connectivity index (χ3v) is 2.22. The number of nitrogens with two attached hydrogens (primary N) is 1. The molecule has 0 radical (unpaired) electrons. The number of hydrogen-bond donors (Lipinski definition) is 2. The largest absolute Gasteiger partial charge is 0.491 e. The number of carbonyl (C=O) groups excluding carboxylic acids is 1. The monoisotopic (exact) mass is 237 g/mol. The average molecular weight is 237 g/mol. The molecule has 0 spiro atoms. The van der Waals surface area contributed by atoms with Gasteiger partial charge >= 0.3 is 0 Å². The van der Waals surface area contributed by atoms with Gasteiger partial charge in [-0.05, 0) is 25.6 Å². The molecule has 0 saturated heterocycles. The van der Waals surface area contributed by atoms with Crippen LogP contribution >= 0.6 is 0 Å². The summed E-state index contributed by atoms with van der Waals surface area (Å²) in [6.45, 7) is 5.78. The van der Waals surface area contributed by atoms with Crippen molar-refractivity contribution >= 4 is 5.91 Å². The zero-order valence-corrected chi connectivity index (χ0v) is 10.3. The number of amides is 1. The molecule has 0 atom stereocenters. The predicted molar refractivity (Wildman–Crippen MR) is 65.7 cm³/mol. The molecule has 1 aromatic rings. The van der Waals surface area contributed by atoms with Crippen LogP contribution in [0.3, 0.4) is 0 Å². The van der Waals surface area contributed by atoms with Crippen molar-refractivity contribution in [3.63, 3.8) is 0 Å². The van der Waals surface area contributed by atoms with E-state index in [-0.39, 0.29) is 12.3 Å². The Morgan fingerprint density at radius 3 is 2.94 bits per heavy atom. The van der Waals surface area contributed by atoms with Crippen molar-refractivity contribution < 1.29 is 9.53 Å². The van der Waals surface area contributed by atoms with E-state index in [0.717, 1.165) is 17.9 Å². The fourth-order valence-corrected chi connectivity index (χ4v) is 1.36. The summed E-state index contributed by atoms with van der Waals surface area (Å²) < 4.78 is 5.50. The van der Waals surface area contributed by atoms with E-state index in [1.807, 2.05) is 26.0 Å². The van der Waals surface area contributed by atoms with Gasteiger partial charge in [0, 0.05) is 12.2 Å². The highest BCUT2D eigenvalue weighted by Gasteiger charge is 2.06. The zero-order valence-electron chi connectivity index (χ0n) is 10.3. The Morgan fingerprint density at radius 1 is 1.53 bits per heavy atom. The third-order valence-electron chi connectivity index (χ3n) is 2.22. The quantitative estimate of drug-likeness (QED) is 0.733. The third kappa shape index (κ3) is 4.82.